The van der Waals surface area contributed by atoms with Gasteiger partial charge in [-0.2, -0.15) is 0 Å². The number of carbonyl (C=O) groups excluding carboxylic acids is 1. The molecule has 1 aromatic heterocycles. The van der Waals surface area contributed by atoms with Gasteiger partial charge in [0.2, 0.25) is 0 Å². The normalized spacial score (nSPS) is 14.6. The van der Waals surface area contributed by atoms with E-state index in [1.165, 1.54) is 23.0 Å². The fourth-order valence-electron chi connectivity index (χ4n) is 5.03. The number of fused-ring (bicyclic) bond motifs is 1. The number of hydrogen-bond acceptors (Lipinski definition) is 8. The van der Waals surface area contributed by atoms with Crippen molar-refractivity contribution in [2.75, 3.05) is 13.7 Å². The van der Waals surface area contributed by atoms with E-state index in [1.54, 1.807) is 62.4 Å². The Hall–Kier alpha value is -3.76. The van der Waals surface area contributed by atoms with Crippen molar-refractivity contribution in [3.8, 4) is 17.2 Å². The Morgan fingerprint density at radius 3 is 2.46 bits per heavy atom. The summed E-state index contributed by atoms with van der Waals surface area (Å²) in [6, 6.07) is 15.0. The van der Waals surface area contributed by atoms with Gasteiger partial charge in [0.1, 0.15) is 12.4 Å². The minimum Gasteiger partial charge on any atom is -0.493 e. The van der Waals surface area contributed by atoms with Crippen LogP contribution in [-0.2, 0) is 16.1 Å². The topological polar surface area (TPSA) is 88.4 Å². The maximum atomic E-state index is 14.2. The summed E-state index contributed by atoms with van der Waals surface area (Å²) in [7, 11) is 1.54. The highest BCUT2D eigenvalue weighted by molar-refractivity contribution is 7.07. The first kappa shape index (κ1) is 33.6. The average Bonchev–Trinajstić information content (AvgIpc) is 3.30. The number of hydrogen-bond donors (Lipinski definition) is 0. The fourth-order valence-corrected chi connectivity index (χ4v) is 6.76. The average molecular weight is 702 g/mol. The van der Waals surface area contributed by atoms with Crippen LogP contribution in [0.15, 0.2) is 75.7 Å². The van der Waals surface area contributed by atoms with Gasteiger partial charge in [-0.1, -0.05) is 64.3 Å². The number of benzene rings is 3. The minimum atomic E-state index is -0.844. The lowest BCUT2D eigenvalue weighted by Crippen LogP contribution is -2.40. The van der Waals surface area contributed by atoms with Crippen molar-refractivity contribution in [3.63, 3.8) is 0 Å². The summed E-state index contributed by atoms with van der Waals surface area (Å²) in [4.78, 5) is 32.6. The number of thiazole rings is 1. The zero-order valence-corrected chi connectivity index (χ0v) is 28.8. The van der Waals surface area contributed by atoms with E-state index in [0.717, 1.165) is 5.56 Å². The smallest absolute Gasteiger partial charge is 0.338 e. The molecule has 0 radical (unpaired) electrons. The Morgan fingerprint density at radius 2 is 1.78 bits per heavy atom. The maximum absolute atomic E-state index is 14.2. The van der Waals surface area contributed by atoms with Crippen LogP contribution < -0.4 is 29.1 Å². The first-order chi connectivity index (χ1) is 22.0. The highest BCUT2D eigenvalue weighted by atomic mass is 35.5. The minimum absolute atomic E-state index is 0.0882. The van der Waals surface area contributed by atoms with Gasteiger partial charge in [0.25, 0.3) is 5.56 Å². The summed E-state index contributed by atoms with van der Waals surface area (Å²) in [5.74, 6) is 0.791. The van der Waals surface area contributed by atoms with Crippen LogP contribution in [0.2, 0.25) is 15.1 Å². The number of nitrogens with zero attached hydrogens (tertiary/aromatic N) is 2. The van der Waals surface area contributed by atoms with E-state index in [9.17, 15) is 9.59 Å². The number of halogens is 3. The molecule has 3 aromatic carbocycles. The van der Waals surface area contributed by atoms with Crippen LogP contribution in [0.3, 0.4) is 0 Å². The molecule has 1 aliphatic rings. The Kier molecular flexibility index (Phi) is 10.5. The molecule has 0 aliphatic carbocycles. The molecule has 1 aliphatic heterocycles. The van der Waals surface area contributed by atoms with Crippen LogP contribution in [0, 0.1) is 0 Å². The molecular weight excluding hydrogens is 671 g/mol. The van der Waals surface area contributed by atoms with E-state index in [1.807, 2.05) is 26.0 Å². The van der Waals surface area contributed by atoms with E-state index in [2.05, 4.69) is 4.99 Å². The molecule has 4 aromatic rings. The van der Waals surface area contributed by atoms with Crippen molar-refractivity contribution >= 4 is 58.2 Å². The van der Waals surface area contributed by atoms with Crippen LogP contribution in [0.5, 0.6) is 17.2 Å². The van der Waals surface area contributed by atoms with Gasteiger partial charge < -0.3 is 18.9 Å². The van der Waals surface area contributed by atoms with Gasteiger partial charge in [-0.3, -0.25) is 9.36 Å². The molecule has 46 heavy (non-hydrogen) atoms. The number of ether oxygens (including phenoxy) is 4. The molecule has 0 spiro atoms. The second-order valence-corrected chi connectivity index (χ2v) is 12.9. The van der Waals surface area contributed by atoms with E-state index >= 15 is 0 Å². The largest absolute Gasteiger partial charge is 0.493 e. The number of esters is 1. The molecule has 1 atom stereocenters. The second kappa shape index (κ2) is 14.3. The van der Waals surface area contributed by atoms with Crippen molar-refractivity contribution in [1.29, 1.82) is 0 Å². The van der Waals surface area contributed by atoms with Crippen LogP contribution >= 0.6 is 46.1 Å². The predicted molar refractivity (Wildman–Crippen MR) is 181 cm³/mol. The van der Waals surface area contributed by atoms with Gasteiger partial charge in [0.05, 0.1) is 46.7 Å². The van der Waals surface area contributed by atoms with Gasteiger partial charge >= 0.3 is 5.97 Å². The predicted octanol–water partition coefficient (Wildman–Crippen LogP) is 7.13. The molecule has 12 heteroatoms. The standard InChI is InChI=1S/C34H31Cl3N2O6S/c1-6-43-33(41)29-19(4)38-34-39(30(29)21-9-12-26(45-18(2)3)27(14-21)42-5)32(40)28(46-34)15-22-13-24(36)16-25(37)31(22)44-17-20-7-10-23(35)11-8-20/h7-16,18,30H,6,17H2,1-5H3/b28-15+/t30-/m0/s1. The molecule has 0 fully saturated rings. The zero-order chi connectivity index (χ0) is 33.1. The number of aromatic nitrogens is 1. The van der Waals surface area contributed by atoms with Gasteiger partial charge in [-0.05, 0) is 81.3 Å². The molecule has 0 amide bonds. The van der Waals surface area contributed by atoms with E-state index in [4.69, 9.17) is 53.8 Å². The Morgan fingerprint density at radius 1 is 1.04 bits per heavy atom. The summed E-state index contributed by atoms with van der Waals surface area (Å²) in [5, 5.41) is 1.27. The van der Waals surface area contributed by atoms with Gasteiger partial charge in [-0.15, -0.1) is 0 Å². The third-order valence-corrected chi connectivity index (χ3v) is 8.74. The second-order valence-electron chi connectivity index (χ2n) is 10.6. The van der Waals surface area contributed by atoms with E-state index in [-0.39, 0.29) is 35.5 Å². The Balaban J connectivity index is 1.66. The molecule has 0 saturated carbocycles. The Bertz CT molecular complexity index is 2000. The van der Waals surface area contributed by atoms with Crippen molar-refractivity contribution in [2.24, 2.45) is 4.99 Å². The summed E-state index contributed by atoms with van der Waals surface area (Å²) < 4.78 is 24.9. The summed E-state index contributed by atoms with van der Waals surface area (Å²) >= 11 is 20.2. The van der Waals surface area contributed by atoms with Gasteiger partial charge in [0, 0.05) is 15.6 Å². The van der Waals surface area contributed by atoms with E-state index < -0.39 is 12.0 Å². The van der Waals surface area contributed by atoms with Gasteiger partial charge in [0.15, 0.2) is 16.3 Å². The number of allylic oxidation sites excluding steroid dienone is 1. The van der Waals surface area contributed by atoms with E-state index in [0.29, 0.717) is 53.5 Å². The fraction of sp³-hybridized carbons (Fsp3) is 0.265. The molecule has 0 saturated heterocycles. The SMILES string of the molecule is CCOC(=O)C1=C(C)N=c2s/c(=C/c3cc(Cl)cc(Cl)c3OCc3ccc(Cl)cc3)c(=O)n2[C@H]1c1ccc(OC(C)C)c(OC)c1. The monoisotopic (exact) mass is 700 g/mol. The molecule has 240 valence electrons. The molecule has 0 bridgehead atoms. The third kappa shape index (κ3) is 7.13. The molecular formula is C34H31Cl3N2O6S. The Labute approximate surface area is 285 Å². The van der Waals surface area contributed by atoms with Crippen LogP contribution in [0.25, 0.3) is 6.08 Å². The maximum Gasteiger partial charge on any atom is 0.338 e. The quantitative estimate of drug-likeness (QED) is 0.164. The first-order valence-corrected chi connectivity index (χ1v) is 16.4. The molecule has 2 heterocycles. The first-order valence-electron chi connectivity index (χ1n) is 14.4. The van der Waals surface area contributed by atoms with Crippen molar-refractivity contribution < 1.29 is 23.7 Å². The lowest BCUT2D eigenvalue weighted by atomic mass is 9.95. The highest BCUT2D eigenvalue weighted by Gasteiger charge is 2.34. The van der Waals surface area contributed by atoms with Crippen LogP contribution in [-0.4, -0.2) is 30.4 Å². The summed E-state index contributed by atoms with van der Waals surface area (Å²) in [6.45, 7) is 7.65. The summed E-state index contributed by atoms with van der Waals surface area (Å²) in [5.41, 5.74) is 2.32. The molecule has 8 nitrogen and oxygen atoms in total. The number of methoxy groups -OCH3 is 1. The molecule has 0 unspecified atom stereocenters. The third-order valence-electron chi connectivity index (χ3n) is 7.00. The van der Waals surface area contributed by atoms with Crippen molar-refractivity contribution in [2.45, 2.75) is 46.4 Å². The van der Waals surface area contributed by atoms with Crippen molar-refractivity contribution in [3.05, 3.63) is 117 Å². The van der Waals surface area contributed by atoms with Crippen LogP contribution in [0.4, 0.5) is 0 Å². The molecule has 5 rings (SSSR count). The van der Waals surface area contributed by atoms with Gasteiger partial charge in [-0.25, -0.2) is 9.79 Å². The summed E-state index contributed by atoms with van der Waals surface area (Å²) in [6.07, 6.45) is 1.58. The lowest BCUT2D eigenvalue weighted by molar-refractivity contribution is -0.139. The number of carbonyl (C=O) groups is 1. The number of rotatable bonds is 10. The van der Waals surface area contributed by atoms with Crippen LogP contribution in [0.1, 0.15) is 50.4 Å². The lowest BCUT2D eigenvalue weighted by Gasteiger charge is -2.25. The highest BCUT2D eigenvalue weighted by Crippen LogP contribution is 2.37. The van der Waals surface area contributed by atoms with Crippen molar-refractivity contribution in [1.82, 2.24) is 4.57 Å². The zero-order valence-electron chi connectivity index (χ0n) is 25.7. The molecule has 0 N–H and O–H groups in total.